The molecule has 3 N–H and O–H groups in total. The third-order valence-electron chi connectivity index (χ3n) is 2.46. The average molecular weight is 311 g/mol. The Bertz CT molecular complexity index is 558. The molecule has 2 rings (SSSR count). The number of halogens is 2. The number of benzene rings is 2. The van der Waals surface area contributed by atoms with E-state index in [2.05, 4.69) is 21.2 Å². The van der Waals surface area contributed by atoms with Crippen molar-refractivity contribution in [2.24, 2.45) is 0 Å². The van der Waals surface area contributed by atoms with E-state index in [0.29, 0.717) is 15.8 Å². The second kappa shape index (κ2) is 5.27. The fourth-order valence-electron chi connectivity index (χ4n) is 1.50. The summed E-state index contributed by atoms with van der Waals surface area (Å²) in [5.41, 5.74) is 7.62. The topological polar surface area (TPSA) is 47.3 Å². The maximum atomic E-state index is 13.4. The van der Waals surface area contributed by atoms with Crippen molar-refractivity contribution in [3.05, 3.63) is 46.7 Å². The van der Waals surface area contributed by atoms with Crippen molar-refractivity contribution in [2.45, 2.75) is 0 Å². The highest BCUT2D eigenvalue weighted by Gasteiger charge is 2.06. The molecule has 0 unspecified atom stereocenters. The summed E-state index contributed by atoms with van der Waals surface area (Å²) in [6.07, 6.45) is 0. The van der Waals surface area contributed by atoms with Gasteiger partial charge in [0.25, 0.3) is 0 Å². The van der Waals surface area contributed by atoms with E-state index in [0.717, 1.165) is 11.4 Å². The summed E-state index contributed by atoms with van der Waals surface area (Å²) >= 11 is 3.09. The van der Waals surface area contributed by atoms with Crippen LogP contribution < -0.4 is 15.8 Å². The van der Waals surface area contributed by atoms with Crippen LogP contribution >= 0.6 is 15.9 Å². The van der Waals surface area contributed by atoms with E-state index in [1.165, 1.54) is 12.1 Å². The van der Waals surface area contributed by atoms with Crippen molar-refractivity contribution in [2.75, 3.05) is 18.2 Å². The molecular formula is C13H12BrFN2O. The first-order chi connectivity index (χ1) is 8.60. The van der Waals surface area contributed by atoms with Crippen LogP contribution in [0.1, 0.15) is 0 Å². The molecule has 0 fully saturated rings. The third kappa shape index (κ3) is 2.73. The van der Waals surface area contributed by atoms with Gasteiger partial charge in [0.05, 0.1) is 23.0 Å². The van der Waals surface area contributed by atoms with Gasteiger partial charge in [-0.05, 0) is 46.3 Å². The van der Waals surface area contributed by atoms with Crippen LogP contribution in [0.4, 0.5) is 21.5 Å². The molecule has 2 aromatic carbocycles. The number of nitrogen functional groups attached to an aromatic ring is 1. The van der Waals surface area contributed by atoms with Crippen molar-refractivity contribution in [1.29, 1.82) is 0 Å². The molecule has 0 radical (unpaired) electrons. The summed E-state index contributed by atoms with van der Waals surface area (Å²) in [6.45, 7) is 0. The van der Waals surface area contributed by atoms with Crippen LogP contribution in [-0.2, 0) is 0 Å². The van der Waals surface area contributed by atoms with Crippen LogP contribution in [0, 0.1) is 5.82 Å². The lowest BCUT2D eigenvalue weighted by Gasteiger charge is -2.10. The number of hydrogen-bond acceptors (Lipinski definition) is 3. The van der Waals surface area contributed by atoms with Crippen molar-refractivity contribution in [3.63, 3.8) is 0 Å². The lowest BCUT2D eigenvalue weighted by Crippen LogP contribution is -1.97. The van der Waals surface area contributed by atoms with E-state index >= 15 is 0 Å². The number of nitrogens with two attached hydrogens (primary N) is 1. The average Bonchev–Trinajstić information content (AvgIpc) is 2.37. The summed E-state index contributed by atoms with van der Waals surface area (Å²) < 4.78 is 18.8. The first kappa shape index (κ1) is 12.7. The van der Waals surface area contributed by atoms with Crippen molar-refractivity contribution in [3.8, 4) is 5.75 Å². The molecule has 18 heavy (non-hydrogen) atoms. The van der Waals surface area contributed by atoms with Gasteiger partial charge in [0, 0.05) is 11.8 Å². The monoisotopic (exact) mass is 310 g/mol. The van der Waals surface area contributed by atoms with Crippen LogP contribution in [0.15, 0.2) is 40.9 Å². The predicted molar refractivity (Wildman–Crippen MR) is 74.8 cm³/mol. The predicted octanol–water partition coefficient (Wildman–Crippen LogP) is 3.92. The van der Waals surface area contributed by atoms with Crippen molar-refractivity contribution < 1.29 is 9.13 Å². The van der Waals surface area contributed by atoms with Gasteiger partial charge in [-0.15, -0.1) is 0 Å². The first-order valence-corrected chi connectivity index (χ1v) is 6.05. The van der Waals surface area contributed by atoms with Gasteiger partial charge >= 0.3 is 0 Å². The molecule has 0 atom stereocenters. The number of rotatable bonds is 3. The Hall–Kier alpha value is -1.75. The van der Waals surface area contributed by atoms with Gasteiger partial charge in [-0.3, -0.25) is 0 Å². The van der Waals surface area contributed by atoms with E-state index in [1.807, 2.05) is 24.3 Å². The van der Waals surface area contributed by atoms with Crippen LogP contribution in [0.25, 0.3) is 0 Å². The molecule has 2 aromatic rings. The Balaban J connectivity index is 2.25. The zero-order valence-corrected chi connectivity index (χ0v) is 11.3. The maximum Gasteiger partial charge on any atom is 0.139 e. The minimum atomic E-state index is -0.361. The zero-order chi connectivity index (χ0) is 13.1. The van der Waals surface area contributed by atoms with Crippen molar-refractivity contribution >= 4 is 33.0 Å². The lowest BCUT2D eigenvalue weighted by atomic mass is 10.2. The summed E-state index contributed by atoms with van der Waals surface area (Å²) in [5, 5.41) is 3.05. The van der Waals surface area contributed by atoms with E-state index in [-0.39, 0.29) is 5.82 Å². The Labute approximate surface area is 113 Å². The molecule has 0 amide bonds. The number of ether oxygens (including phenoxy) is 1. The highest BCUT2D eigenvalue weighted by atomic mass is 79.9. The quantitative estimate of drug-likeness (QED) is 0.845. The van der Waals surface area contributed by atoms with Crippen LogP contribution in [0.5, 0.6) is 5.75 Å². The fraction of sp³-hybridized carbons (Fsp3) is 0.0769. The van der Waals surface area contributed by atoms with Crippen LogP contribution in [0.2, 0.25) is 0 Å². The summed E-state index contributed by atoms with van der Waals surface area (Å²) in [4.78, 5) is 0. The molecule has 0 heterocycles. The van der Waals surface area contributed by atoms with Gasteiger partial charge in [0.2, 0.25) is 0 Å². The summed E-state index contributed by atoms with van der Waals surface area (Å²) in [6, 6.07) is 10.2. The molecule has 0 saturated carbocycles. The fourth-order valence-corrected chi connectivity index (χ4v) is 1.86. The Kier molecular flexibility index (Phi) is 3.72. The van der Waals surface area contributed by atoms with Gasteiger partial charge in [-0.2, -0.15) is 0 Å². The molecule has 0 spiro atoms. The van der Waals surface area contributed by atoms with Gasteiger partial charge in [0.15, 0.2) is 0 Å². The highest BCUT2D eigenvalue weighted by Crippen LogP contribution is 2.29. The molecule has 0 aliphatic carbocycles. The van der Waals surface area contributed by atoms with Crippen LogP contribution in [0.3, 0.4) is 0 Å². The van der Waals surface area contributed by atoms with Gasteiger partial charge in [0.1, 0.15) is 11.6 Å². The molecule has 5 heteroatoms. The molecule has 94 valence electrons. The standard InChI is InChI=1S/C13H12BrFN2O/c1-18-9-4-2-8(3-5-9)17-13-7-11(15)10(14)6-12(13)16/h2-7,17H,16H2,1H3. The summed E-state index contributed by atoms with van der Waals surface area (Å²) in [7, 11) is 1.60. The maximum absolute atomic E-state index is 13.4. The summed E-state index contributed by atoms with van der Waals surface area (Å²) in [5.74, 6) is 0.399. The lowest BCUT2D eigenvalue weighted by molar-refractivity contribution is 0.415. The molecule has 0 saturated heterocycles. The minimum Gasteiger partial charge on any atom is -0.497 e. The van der Waals surface area contributed by atoms with Gasteiger partial charge < -0.3 is 15.8 Å². The van der Waals surface area contributed by atoms with E-state index in [1.54, 1.807) is 7.11 Å². The first-order valence-electron chi connectivity index (χ1n) is 5.26. The largest absolute Gasteiger partial charge is 0.497 e. The zero-order valence-electron chi connectivity index (χ0n) is 9.71. The number of nitrogens with one attached hydrogen (secondary N) is 1. The third-order valence-corrected chi connectivity index (χ3v) is 3.07. The Morgan fingerprint density at radius 2 is 1.89 bits per heavy atom. The molecule has 0 bridgehead atoms. The Morgan fingerprint density at radius 3 is 2.50 bits per heavy atom. The minimum absolute atomic E-state index is 0.347. The molecule has 3 nitrogen and oxygen atoms in total. The number of hydrogen-bond donors (Lipinski definition) is 2. The SMILES string of the molecule is COc1ccc(Nc2cc(F)c(Br)cc2N)cc1. The molecule has 0 aliphatic rings. The van der Waals surface area contributed by atoms with Crippen molar-refractivity contribution in [1.82, 2.24) is 0 Å². The van der Waals surface area contributed by atoms with Gasteiger partial charge in [-0.25, -0.2) is 4.39 Å². The molecule has 0 aromatic heterocycles. The Morgan fingerprint density at radius 1 is 1.22 bits per heavy atom. The normalized spacial score (nSPS) is 10.2. The van der Waals surface area contributed by atoms with E-state index < -0.39 is 0 Å². The second-order valence-electron chi connectivity index (χ2n) is 3.71. The smallest absolute Gasteiger partial charge is 0.139 e. The van der Waals surface area contributed by atoms with Crippen LogP contribution in [-0.4, -0.2) is 7.11 Å². The number of methoxy groups -OCH3 is 1. The highest BCUT2D eigenvalue weighted by molar-refractivity contribution is 9.10. The second-order valence-corrected chi connectivity index (χ2v) is 4.56. The molecular weight excluding hydrogens is 299 g/mol. The van der Waals surface area contributed by atoms with E-state index in [4.69, 9.17) is 10.5 Å². The molecule has 0 aliphatic heterocycles. The van der Waals surface area contributed by atoms with Gasteiger partial charge in [-0.1, -0.05) is 0 Å². The van der Waals surface area contributed by atoms with E-state index in [9.17, 15) is 4.39 Å². The number of anilines is 3.